The standard InChI is InChI=1S/C13H13BrN2O3/c1-2-19-7-10-15-12(17)11(13(18)16-10)8-4-3-5-9(14)6-8/h3-6H,2,7H2,1H3,(H2,15,16,17,18). The lowest BCUT2D eigenvalue weighted by Crippen LogP contribution is -2.14. The van der Waals surface area contributed by atoms with E-state index in [9.17, 15) is 9.90 Å². The quantitative estimate of drug-likeness (QED) is 0.905. The molecular weight excluding hydrogens is 312 g/mol. The van der Waals surface area contributed by atoms with Gasteiger partial charge < -0.3 is 14.8 Å². The highest BCUT2D eigenvalue weighted by Crippen LogP contribution is 2.25. The SMILES string of the molecule is CCOCc1nc(O)c(-c2cccc(Br)c2)c(=O)[nH]1. The first kappa shape index (κ1) is 13.8. The van der Waals surface area contributed by atoms with E-state index in [2.05, 4.69) is 25.9 Å². The molecule has 0 unspecified atom stereocenters. The Hall–Kier alpha value is -1.66. The number of aromatic hydroxyl groups is 1. The monoisotopic (exact) mass is 324 g/mol. The number of hydrogen-bond donors (Lipinski definition) is 2. The van der Waals surface area contributed by atoms with Crippen LogP contribution in [0.4, 0.5) is 0 Å². The van der Waals surface area contributed by atoms with Crippen LogP contribution in [-0.2, 0) is 11.3 Å². The number of nitrogens with zero attached hydrogens (tertiary/aromatic N) is 1. The molecule has 0 fully saturated rings. The minimum absolute atomic E-state index is 0.154. The van der Waals surface area contributed by atoms with Crippen molar-refractivity contribution in [2.75, 3.05) is 6.61 Å². The zero-order chi connectivity index (χ0) is 13.8. The van der Waals surface area contributed by atoms with Crippen LogP contribution in [0.15, 0.2) is 33.5 Å². The second-order valence-electron chi connectivity index (χ2n) is 3.86. The molecule has 2 aromatic rings. The molecular formula is C13H13BrN2O3. The van der Waals surface area contributed by atoms with Crippen LogP contribution in [0.1, 0.15) is 12.7 Å². The number of benzene rings is 1. The van der Waals surface area contributed by atoms with E-state index in [1.54, 1.807) is 18.2 Å². The van der Waals surface area contributed by atoms with Gasteiger partial charge in [0, 0.05) is 11.1 Å². The number of aromatic nitrogens is 2. The second-order valence-corrected chi connectivity index (χ2v) is 4.77. The summed E-state index contributed by atoms with van der Waals surface area (Å²) in [4.78, 5) is 18.5. The summed E-state index contributed by atoms with van der Waals surface area (Å²) in [6, 6.07) is 7.10. The Bertz CT molecular complexity index is 640. The fourth-order valence-electron chi connectivity index (χ4n) is 1.68. The smallest absolute Gasteiger partial charge is 0.262 e. The van der Waals surface area contributed by atoms with E-state index in [-0.39, 0.29) is 23.6 Å². The molecule has 6 heteroatoms. The van der Waals surface area contributed by atoms with E-state index in [0.717, 1.165) is 4.47 Å². The molecule has 0 atom stereocenters. The van der Waals surface area contributed by atoms with Gasteiger partial charge in [-0.15, -0.1) is 0 Å². The maximum Gasteiger partial charge on any atom is 0.262 e. The van der Waals surface area contributed by atoms with Crippen molar-refractivity contribution in [1.29, 1.82) is 0 Å². The molecule has 0 amide bonds. The van der Waals surface area contributed by atoms with Crippen molar-refractivity contribution in [1.82, 2.24) is 9.97 Å². The molecule has 2 rings (SSSR count). The molecule has 0 spiro atoms. The van der Waals surface area contributed by atoms with Crippen LogP contribution in [-0.4, -0.2) is 21.7 Å². The first-order valence-electron chi connectivity index (χ1n) is 5.77. The molecule has 0 bridgehead atoms. The first-order valence-corrected chi connectivity index (χ1v) is 6.57. The third kappa shape index (κ3) is 3.21. The lowest BCUT2D eigenvalue weighted by molar-refractivity contribution is 0.127. The van der Waals surface area contributed by atoms with Crippen LogP contribution in [0.3, 0.4) is 0 Å². The zero-order valence-corrected chi connectivity index (χ0v) is 11.9. The van der Waals surface area contributed by atoms with Gasteiger partial charge in [0.25, 0.3) is 5.56 Å². The maximum atomic E-state index is 12.0. The predicted octanol–water partition coefficient (Wildman–Crippen LogP) is 2.44. The van der Waals surface area contributed by atoms with Crippen molar-refractivity contribution in [3.8, 4) is 17.0 Å². The number of nitrogens with one attached hydrogen (secondary N) is 1. The van der Waals surface area contributed by atoms with Gasteiger partial charge in [-0.05, 0) is 24.6 Å². The highest BCUT2D eigenvalue weighted by molar-refractivity contribution is 9.10. The molecule has 0 saturated heterocycles. The molecule has 2 N–H and O–H groups in total. The van der Waals surface area contributed by atoms with Crippen LogP contribution in [0, 0.1) is 0 Å². The molecule has 0 aliphatic carbocycles. The number of ether oxygens (including phenoxy) is 1. The normalized spacial score (nSPS) is 10.6. The molecule has 100 valence electrons. The van der Waals surface area contributed by atoms with Gasteiger partial charge in [0.2, 0.25) is 5.88 Å². The average molecular weight is 325 g/mol. The molecule has 19 heavy (non-hydrogen) atoms. The molecule has 1 heterocycles. The fraction of sp³-hybridized carbons (Fsp3) is 0.231. The summed E-state index contributed by atoms with van der Waals surface area (Å²) in [5.41, 5.74) is 0.366. The van der Waals surface area contributed by atoms with Crippen LogP contribution in [0.2, 0.25) is 0 Å². The summed E-state index contributed by atoms with van der Waals surface area (Å²) in [6.45, 7) is 2.52. The van der Waals surface area contributed by atoms with E-state index in [1.165, 1.54) is 0 Å². The summed E-state index contributed by atoms with van der Waals surface area (Å²) in [6.07, 6.45) is 0. The summed E-state index contributed by atoms with van der Waals surface area (Å²) in [5.74, 6) is 0.0136. The number of aromatic amines is 1. The Kier molecular flexibility index (Phi) is 4.34. The molecule has 1 aromatic carbocycles. The Morgan fingerprint density at radius 2 is 2.26 bits per heavy atom. The van der Waals surface area contributed by atoms with Gasteiger partial charge in [-0.2, -0.15) is 4.98 Å². The van der Waals surface area contributed by atoms with Crippen molar-refractivity contribution >= 4 is 15.9 Å². The molecule has 1 aromatic heterocycles. The number of hydrogen-bond acceptors (Lipinski definition) is 4. The molecule has 0 radical (unpaired) electrons. The van der Waals surface area contributed by atoms with Gasteiger partial charge >= 0.3 is 0 Å². The van der Waals surface area contributed by atoms with E-state index in [0.29, 0.717) is 18.0 Å². The van der Waals surface area contributed by atoms with Gasteiger partial charge in [-0.25, -0.2) is 0 Å². The topological polar surface area (TPSA) is 75.2 Å². The Morgan fingerprint density at radius 1 is 1.47 bits per heavy atom. The van der Waals surface area contributed by atoms with Crippen LogP contribution in [0.25, 0.3) is 11.1 Å². The van der Waals surface area contributed by atoms with Crippen molar-refractivity contribution in [3.05, 3.63) is 44.9 Å². The molecule has 0 saturated carbocycles. The summed E-state index contributed by atoms with van der Waals surface area (Å²) in [7, 11) is 0. The zero-order valence-electron chi connectivity index (χ0n) is 10.3. The lowest BCUT2D eigenvalue weighted by Gasteiger charge is -2.06. The Labute approximate surface area is 118 Å². The molecule has 0 aliphatic heterocycles. The number of H-pyrrole nitrogens is 1. The Balaban J connectivity index is 2.45. The summed E-state index contributed by atoms with van der Waals surface area (Å²) in [5, 5.41) is 9.91. The molecule has 0 aliphatic rings. The van der Waals surface area contributed by atoms with E-state index >= 15 is 0 Å². The van der Waals surface area contributed by atoms with Gasteiger partial charge in [-0.3, -0.25) is 4.79 Å². The molecule has 5 nitrogen and oxygen atoms in total. The lowest BCUT2D eigenvalue weighted by atomic mass is 10.1. The summed E-state index contributed by atoms with van der Waals surface area (Å²) < 4.78 is 5.96. The highest BCUT2D eigenvalue weighted by Gasteiger charge is 2.13. The third-order valence-corrected chi connectivity index (χ3v) is 3.00. The van der Waals surface area contributed by atoms with E-state index in [1.807, 2.05) is 13.0 Å². The summed E-state index contributed by atoms with van der Waals surface area (Å²) >= 11 is 3.32. The highest BCUT2D eigenvalue weighted by atomic mass is 79.9. The second kappa shape index (κ2) is 5.99. The van der Waals surface area contributed by atoms with Gasteiger partial charge in [-0.1, -0.05) is 28.1 Å². The van der Waals surface area contributed by atoms with Crippen molar-refractivity contribution in [2.45, 2.75) is 13.5 Å². The van der Waals surface area contributed by atoms with E-state index < -0.39 is 0 Å². The third-order valence-electron chi connectivity index (χ3n) is 2.51. The van der Waals surface area contributed by atoms with Crippen LogP contribution in [0.5, 0.6) is 5.88 Å². The van der Waals surface area contributed by atoms with Crippen LogP contribution < -0.4 is 5.56 Å². The van der Waals surface area contributed by atoms with Gasteiger partial charge in [0.1, 0.15) is 18.0 Å². The van der Waals surface area contributed by atoms with Crippen molar-refractivity contribution < 1.29 is 9.84 Å². The maximum absolute atomic E-state index is 12.0. The average Bonchev–Trinajstić information content (AvgIpc) is 2.35. The Morgan fingerprint density at radius 3 is 2.89 bits per heavy atom. The first-order chi connectivity index (χ1) is 9.11. The van der Waals surface area contributed by atoms with Gasteiger partial charge in [0.05, 0.1) is 0 Å². The number of halogens is 1. The minimum atomic E-state index is -0.389. The van der Waals surface area contributed by atoms with E-state index in [4.69, 9.17) is 4.74 Å². The van der Waals surface area contributed by atoms with Crippen molar-refractivity contribution in [3.63, 3.8) is 0 Å². The van der Waals surface area contributed by atoms with Crippen molar-refractivity contribution in [2.24, 2.45) is 0 Å². The minimum Gasteiger partial charge on any atom is -0.493 e. The van der Waals surface area contributed by atoms with Gasteiger partial charge in [0.15, 0.2) is 0 Å². The predicted molar refractivity (Wildman–Crippen MR) is 75.0 cm³/mol. The largest absolute Gasteiger partial charge is 0.493 e. The fourth-order valence-corrected chi connectivity index (χ4v) is 2.08. The number of rotatable bonds is 4. The van der Waals surface area contributed by atoms with Crippen LogP contribution >= 0.6 is 15.9 Å².